The van der Waals surface area contributed by atoms with Gasteiger partial charge in [0.25, 0.3) is 0 Å². The number of hydrogen-bond donors (Lipinski definition) is 1. The average molecular weight is 313 g/mol. The largest absolute Gasteiger partial charge is 0.344 e. The fraction of sp³-hybridized carbons (Fsp3) is 0.692. The van der Waals surface area contributed by atoms with Crippen molar-refractivity contribution in [2.45, 2.75) is 32.7 Å². The first kappa shape index (κ1) is 15.8. The van der Waals surface area contributed by atoms with E-state index in [9.17, 15) is 4.79 Å². The van der Waals surface area contributed by atoms with Crippen molar-refractivity contribution < 1.29 is 4.79 Å². The number of anilines is 2. The molecule has 1 unspecified atom stereocenters. The maximum Gasteiger partial charge on any atom is 0.244 e. The Balaban J connectivity index is 2.10. The van der Waals surface area contributed by atoms with Gasteiger partial charge in [-0.15, -0.1) is 0 Å². The van der Waals surface area contributed by atoms with Crippen molar-refractivity contribution in [2.24, 2.45) is 0 Å². The van der Waals surface area contributed by atoms with Crippen molar-refractivity contribution in [3.8, 4) is 0 Å². The van der Waals surface area contributed by atoms with Crippen molar-refractivity contribution in [1.82, 2.24) is 19.9 Å². The van der Waals surface area contributed by atoms with Crippen LogP contribution in [0.5, 0.6) is 0 Å². The fourth-order valence-electron chi connectivity index (χ4n) is 2.20. The minimum atomic E-state index is -0.417. The number of nitrogens with zero attached hydrogens (tertiary/aromatic N) is 5. The zero-order valence-corrected chi connectivity index (χ0v) is 13.4. The highest BCUT2D eigenvalue weighted by Gasteiger charge is 2.20. The van der Waals surface area contributed by atoms with E-state index in [4.69, 9.17) is 11.6 Å². The Kier molecular flexibility index (Phi) is 5.17. The molecule has 1 aromatic heterocycles. The van der Waals surface area contributed by atoms with Gasteiger partial charge in [-0.05, 0) is 38.3 Å². The molecule has 21 heavy (non-hydrogen) atoms. The molecule has 0 radical (unpaired) electrons. The summed E-state index contributed by atoms with van der Waals surface area (Å²) in [5.41, 5.74) is 0. The van der Waals surface area contributed by atoms with E-state index >= 15 is 0 Å². The van der Waals surface area contributed by atoms with Crippen LogP contribution in [-0.4, -0.2) is 58.5 Å². The molecule has 7 nitrogen and oxygen atoms in total. The summed E-state index contributed by atoms with van der Waals surface area (Å²) in [7, 11) is 1.76. The van der Waals surface area contributed by atoms with Gasteiger partial charge >= 0.3 is 0 Å². The molecule has 1 amide bonds. The van der Waals surface area contributed by atoms with E-state index in [1.165, 1.54) is 0 Å². The van der Waals surface area contributed by atoms with Gasteiger partial charge in [-0.1, -0.05) is 0 Å². The Morgan fingerprint density at radius 1 is 1.38 bits per heavy atom. The van der Waals surface area contributed by atoms with Gasteiger partial charge in [0.15, 0.2) is 0 Å². The van der Waals surface area contributed by atoms with Crippen LogP contribution < -0.4 is 10.2 Å². The minimum absolute atomic E-state index is 0.0169. The summed E-state index contributed by atoms with van der Waals surface area (Å²) in [6.07, 6.45) is 2.25. The van der Waals surface area contributed by atoms with Gasteiger partial charge in [-0.2, -0.15) is 15.0 Å². The van der Waals surface area contributed by atoms with Gasteiger partial charge in [0.05, 0.1) is 0 Å². The summed E-state index contributed by atoms with van der Waals surface area (Å²) in [6, 6.07) is -0.417. The molecule has 0 bridgehead atoms. The van der Waals surface area contributed by atoms with Crippen molar-refractivity contribution in [3.05, 3.63) is 5.28 Å². The Hall–Kier alpha value is -1.63. The first-order chi connectivity index (χ1) is 10.0. The molecular formula is C13H21ClN6O. The molecule has 1 atom stereocenters. The zero-order chi connectivity index (χ0) is 15.4. The summed E-state index contributed by atoms with van der Waals surface area (Å²) in [5, 5.41) is 3.13. The molecule has 1 aliphatic rings. The van der Waals surface area contributed by atoms with E-state index in [2.05, 4.69) is 25.2 Å². The highest BCUT2D eigenvalue weighted by atomic mass is 35.5. The third-order valence-electron chi connectivity index (χ3n) is 3.55. The van der Waals surface area contributed by atoms with Crippen LogP contribution >= 0.6 is 11.6 Å². The Bertz CT molecular complexity index is 505. The van der Waals surface area contributed by atoms with Crippen LogP contribution in [0.1, 0.15) is 26.7 Å². The van der Waals surface area contributed by atoms with Crippen LogP contribution in [0.2, 0.25) is 5.28 Å². The number of nitrogens with one attached hydrogen (secondary N) is 1. The number of amides is 1. The van der Waals surface area contributed by atoms with Gasteiger partial charge in [-0.3, -0.25) is 4.79 Å². The Labute approximate surface area is 129 Å². The highest BCUT2D eigenvalue weighted by Crippen LogP contribution is 2.18. The van der Waals surface area contributed by atoms with Crippen LogP contribution in [0.15, 0.2) is 0 Å². The lowest BCUT2D eigenvalue weighted by Gasteiger charge is -2.21. The summed E-state index contributed by atoms with van der Waals surface area (Å²) in [4.78, 5) is 28.3. The van der Waals surface area contributed by atoms with Crippen molar-refractivity contribution in [1.29, 1.82) is 0 Å². The molecule has 1 N–H and O–H groups in total. The topological polar surface area (TPSA) is 74.2 Å². The molecule has 0 spiro atoms. The van der Waals surface area contributed by atoms with Gasteiger partial charge < -0.3 is 15.1 Å². The molecule has 1 aromatic rings. The number of likely N-dealkylation sites (N-methyl/N-ethyl adjacent to an activating group) is 1. The first-order valence-electron chi connectivity index (χ1n) is 7.19. The van der Waals surface area contributed by atoms with Crippen LogP contribution in [0.3, 0.4) is 0 Å². The predicted octanol–water partition coefficient (Wildman–Crippen LogP) is 1.40. The number of rotatable bonds is 5. The molecular weight excluding hydrogens is 292 g/mol. The average Bonchev–Trinajstić information content (AvgIpc) is 2.99. The number of aromatic nitrogens is 3. The second kappa shape index (κ2) is 6.89. The SMILES string of the molecule is CCN(C)C(=O)C(C)Nc1nc(Cl)nc(N2CCCC2)n1. The van der Waals surface area contributed by atoms with E-state index in [0.29, 0.717) is 18.4 Å². The Morgan fingerprint density at radius 2 is 2.05 bits per heavy atom. The van der Waals surface area contributed by atoms with Gasteiger partial charge in [-0.25, -0.2) is 0 Å². The molecule has 2 heterocycles. The summed E-state index contributed by atoms with van der Waals surface area (Å²) >= 11 is 5.96. The second-order valence-corrected chi connectivity index (χ2v) is 5.48. The normalized spacial score (nSPS) is 15.9. The third-order valence-corrected chi connectivity index (χ3v) is 3.72. The molecule has 1 fully saturated rings. The lowest BCUT2D eigenvalue weighted by Crippen LogP contribution is -2.39. The van der Waals surface area contributed by atoms with Gasteiger partial charge in [0.2, 0.25) is 23.1 Å². The van der Waals surface area contributed by atoms with Crippen LogP contribution in [0.4, 0.5) is 11.9 Å². The fourth-order valence-corrected chi connectivity index (χ4v) is 2.36. The molecule has 1 saturated heterocycles. The summed E-state index contributed by atoms with van der Waals surface area (Å²) in [5.74, 6) is 0.887. The summed E-state index contributed by atoms with van der Waals surface area (Å²) in [6.45, 7) is 6.21. The number of carbonyl (C=O) groups excluding carboxylic acids is 1. The first-order valence-corrected chi connectivity index (χ1v) is 7.57. The Morgan fingerprint density at radius 3 is 2.67 bits per heavy atom. The highest BCUT2D eigenvalue weighted by molar-refractivity contribution is 6.28. The monoisotopic (exact) mass is 312 g/mol. The smallest absolute Gasteiger partial charge is 0.244 e. The molecule has 116 valence electrons. The van der Waals surface area contributed by atoms with Crippen molar-refractivity contribution in [2.75, 3.05) is 36.9 Å². The lowest BCUT2D eigenvalue weighted by molar-refractivity contribution is -0.130. The van der Waals surface area contributed by atoms with Gasteiger partial charge in [0, 0.05) is 26.7 Å². The van der Waals surface area contributed by atoms with E-state index in [-0.39, 0.29) is 11.2 Å². The number of halogens is 1. The van der Waals surface area contributed by atoms with Crippen LogP contribution in [0.25, 0.3) is 0 Å². The molecule has 8 heteroatoms. The maximum absolute atomic E-state index is 12.1. The van der Waals surface area contributed by atoms with Crippen molar-refractivity contribution in [3.63, 3.8) is 0 Å². The number of hydrogen-bond acceptors (Lipinski definition) is 6. The van der Waals surface area contributed by atoms with Gasteiger partial charge in [0.1, 0.15) is 6.04 Å². The van der Waals surface area contributed by atoms with Crippen LogP contribution in [0, 0.1) is 0 Å². The zero-order valence-electron chi connectivity index (χ0n) is 12.6. The standard InChI is InChI=1S/C13H21ClN6O/c1-4-19(3)10(21)9(2)15-12-16-11(14)17-13(18-12)20-7-5-6-8-20/h9H,4-8H2,1-3H3,(H,15,16,17,18). The third kappa shape index (κ3) is 3.93. The molecule has 0 saturated carbocycles. The minimum Gasteiger partial charge on any atom is -0.344 e. The quantitative estimate of drug-likeness (QED) is 0.886. The van der Waals surface area contributed by atoms with E-state index in [1.807, 2.05) is 6.92 Å². The van der Waals surface area contributed by atoms with E-state index < -0.39 is 6.04 Å². The van der Waals surface area contributed by atoms with Crippen LogP contribution in [-0.2, 0) is 4.79 Å². The lowest BCUT2D eigenvalue weighted by atomic mass is 10.3. The molecule has 0 aliphatic carbocycles. The maximum atomic E-state index is 12.1. The summed E-state index contributed by atoms with van der Waals surface area (Å²) < 4.78 is 0. The number of carbonyl (C=O) groups is 1. The van der Waals surface area contributed by atoms with E-state index in [0.717, 1.165) is 25.9 Å². The predicted molar refractivity (Wildman–Crippen MR) is 82.7 cm³/mol. The molecule has 2 rings (SSSR count). The molecule has 1 aliphatic heterocycles. The second-order valence-electron chi connectivity index (χ2n) is 5.14. The molecule has 0 aromatic carbocycles. The van der Waals surface area contributed by atoms with E-state index in [1.54, 1.807) is 18.9 Å². The van der Waals surface area contributed by atoms with Crippen molar-refractivity contribution >= 4 is 29.4 Å².